The maximum absolute atomic E-state index is 3.66. The molecule has 2 heterocycles. The van der Waals surface area contributed by atoms with Crippen LogP contribution >= 0.6 is 11.8 Å². The van der Waals surface area contributed by atoms with E-state index in [1.165, 1.54) is 54.7 Å². The molecule has 0 amide bonds. The molecule has 2 nitrogen and oxygen atoms in total. The Morgan fingerprint density at radius 2 is 2.26 bits per heavy atom. The number of aryl methyl sites for hydroxylation is 1. The Labute approximate surface area is 120 Å². The lowest BCUT2D eigenvalue weighted by atomic mass is 9.99. The SMILES string of the molecule is c1cc2c(c(CNCC3CCCCS3)c1)NCCC2. The van der Waals surface area contributed by atoms with Crippen molar-refractivity contribution in [2.75, 3.05) is 24.2 Å². The van der Waals surface area contributed by atoms with E-state index in [1.807, 2.05) is 0 Å². The number of rotatable bonds is 4. The maximum Gasteiger partial charge on any atom is 0.0418 e. The van der Waals surface area contributed by atoms with E-state index in [9.17, 15) is 0 Å². The van der Waals surface area contributed by atoms with E-state index < -0.39 is 0 Å². The summed E-state index contributed by atoms with van der Waals surface area (Å²) in [5.41, 5.74) is 4.34. The van der Waals surface area contributed by atoms with Gasteiger partial charge >= 0.3 is 0 Å². The summed E-state index contributed by atoms with van der Waals surface area (Å²) in [6.07, 6.45) is 6.72. The van der Waals surface area contributed by atoms with Crippen molar-refractivity contribution in [3.8, 4) is 0 Å². The second kappa shape index (κ2) is 6.67. The Kier molecular flexibility index (Phi) is 4.67. The summed E-state index contributed by atoms with van der Waals surface area (Å²) in [4.78, 5) is 0. The fourth-order valence-corrected chi connectivity index (χ4v) is 4.34. The van der Waals surface area contributed by atoms with Gasteiger partial charge in [0.25, 0.3) is 0 Å². The molecule has 3 rings (SSSR count). The molecule has 1 fully saturated rings. The Balaban J connectivity index is 1.54. The summed E-state index contributed by atoms with van der Waals surface area (Å²) in [5, 5.41) is 8.07. The summed E-state index contributed by atoms with van der Waals surface area (Å²) in [7, 11) is 0. The first-order valence-electron chi connectivity index (χ1n) is 7.60. The van der Waals surface area contributed by atoms with Crippen LogP contribution in [0.15, 0.2) is 18.2 Å². The zero-order chi connectivity index (χ0) is 12.9. The van der Waals surface area contributed by atoms with Crippen LogP contribution in [0.5, 0.6) is 0 Å². The van der Waals surface area contributed by atoms with E-state index in [1.54, 1.807) is 0 Å². The fraction of sp³-hybridized carbons (Fsp3) is 0.625. The molecule has 1 atom stereocenters. The van der Waals surface area contributed by atoms with E-state index in [4.69, 9.17) is 0 Å². The first-order valence-corrected chi connectivity index (χ1v) is 8.65. The van der Waals surface area contributed by atoms with E-state index in [0.29, 0.717) is 0 Å². The Morgan fingerprint density at radius 3 is 3.16 bits per heavy atom. The number of benzene rings is 1. The maximum atomic E-state index is 3.66. The zero-order valence-electron chi connectivity index (χ0n) is 11.6. The molecule has 2 N–H and O–H groups in total. The molecule has 1 unspecified atom stereocenters. The minimum atomic E-state index is 0.834. The fourth-order valence-electron chi connectivity index (χ4n) is 3.06. The molecule has 0 aromatic heterocycles. The van der Waals surface area contributed by atoms with Crippen LogP contribution in [-0.2, 0) is 13.0 Å². The van der Waals surface area contributed by atoms with Crippen LogP contribution in [0.2, 0.25) is 0 Å². The monoisotopic (exact) mass is 276 g/mol. The predicted molar refractivity (Wildman–Crippen MR) is 85.1 cm³/mol. The zero-order valence-corrected chi connectivity index (χ0v) is 12.4. The topological polar surface area (TPSA) is 24.1 Å². The third kappa shape index (κ3) is 3.46. The molecular weight excluding hydrogens is 252 g/mol. The molecule has 1 saturated heterocycles. The third-order valence-electron chi connectivity index (χ3n) is 4.12. The molecule has 3 heteroatoms. The standard InChI is InChI=1S/C16H24N2S/c1-2-10-19-15(8-1)12-17-11-14-6-3-5-13-7-4-9-18-16(13)14/h3,5-6,15,17-18H,1-2,4,7-12H2. The number of fused-ring (bicyclic) bond motifs is 1. The number of anilines is 1. The van der Waals surface area contributed by atoms with Crippen LogP contribution in [0, 0.1) is 0 Å². The van der Waals surface area contributed by atoms with Gasteiger partial charge in [-0.2, -0.15) is 11.8 Å². The van der Waals surface area contributed by atoms with Crippen molar-refractivity contribution in [2.45, 2.75) is 43.9 Å². The number of para-hydroxylation sites is 1. The highest BCUT2D eigenvalue weighted by atomic mass is 32.2. The predicted octanol–water partition coefficient (Wildman–Crippen LogP) is 3.42. The second-order valence-corrected chi connectivity index (χ2v) is 7.01. The summed E-state index contributed by atoms with van der Waals surface area (Å²) < 4.78 is 0. The molecule has 2 aliphatic heterocycles. The lowest BCUT2D eigenvalue weighted by molar-refractivity contribution is 0.597. The number of thioether (sulfide) groups is 1. The lowest BCUT2D eigenvalue weighted by Gasteiger charge is -2.23. The van der Waals surface area contributed by atoms with E-state index >= 15 is 0 Å². The van der Waals surface area contributed by atoms with Gasteiger partial charge in [0.15, 0.2) is 0 Å². The van der Waals surface area contributed by atoms with Crippen molar-refractivity contribution in [3.63, 3.8) is 0 Å². The van der Waals surface area contributed by atoms with Gasteiger partial charge in [-0.15, -0.1) is 0 Å². The molecule has 1 aromatic carbocycles. The molecule has 0 saturated carbocycles. The van der Waals surface area contributed by atoms with Gasteiger partial charge in [0, 0.05) is 30.6 Å². The van der Waals surface area contributed by atoms with Gasteiger partial charge < -0.3 is 10.6 Å². The molecule has 19 heavy (non-hydrogen) atoms. The van der Waals surface area contributed by atoms with Crippen LogP contribution < -0.4 is 10.6 Å². The summed E-state index contributed by atoms with van der Waals surface area (Å²) in [5.74, 6) is 1.36. The minimum Gasteiger partial charge on any atom is -0.385 e. The summed E-state index contributed by atoms with van der Waals surface area (Å²) in [6.45, 7) is 3.30. The first-order chi connectivity index (χ1) is 9.43. The molecule has 2 aliphatic rings. The van der Waals surface area contributed by atoms with Crippen molar-refractivity contribution in [2.24, 2.45) is 0 Å². The van der Waals surface area contributed by atoms with Crippen LogP contribution in [0.1, 0.15) is 36.8 Å². The number of hydrogen-bond acceptors (Lipinski definition) is 3. The van der Waals surface area contributed by atoms with Gasteiger partial charge in [0.1, 0.15) is 0 Å². The Bertz CT molecular complexity index is 413. The van der Waals surface area contributed by atoms with Crippen LogP contribution in [-0.4, -0.2) is 24.1 Å². The van der Waals surface area contributed by atoms with Gasteiger partial charge in [0.2, 0.25) is 0 Å². The van der Waals surface area contributed by atoms with Gasteiger partial charge in [-0.3, -0.25) is 0 Å². The average molecular weight is 276 g/mol. The third-order valence-corrected chi connectivity index (χ3v) is 5.52. The molecule has 0 spiro atoms. The molecule has 0 radical (unpaired) electrons. The minimum absolute atomic E-state index is 0.834. The molecule has 0 aliphatic carbocycles. The van der Waals surface area contributed by atoms with Crippen molar-refractivity contribution in [3.05, 3.63) is 29.3 Å². The Hall–Kier alpha value is -0.670. The van der Waals surface area contributed by atoms with Crippen molar-refractivity contribution < 1.29 is 0 Å². The van der Waals surface area contributed by atoms with Gasteiger partial charge in [-0.1, -0.05) is 24.6 Å². The highest BCUT2D eigenvalue weighted by Gasteiger charge is 2.15. The summed E-state index contributed by atoms with van der Waals surface area (Å²) in [6, 6.07) is 6.73. The van der Waals surface area contributed by atoms with Crippen LogP contribution in [0.25, 0.3) is 0 Å². The van der Waals surface area contributed by atoms with E-state index in [0.717, 1.165) is 24.9 Å². The van der Waals surface area contributed by atoms with E-state index in [-0.39, 0.29) is 0 Å². The van der Waals surface area contributed by atoms with Crippen molar-refractivity contribution in [1.82, 2.24) is 5.32 Å². The van der Waals surface area contributed by atoms with Crippen molar-refractivity contribution >= 4 is 17.4 Å². The lowest BCUT2D eigenvalue weighted by Crippen LogP contribution is -2.27. The summed E-state index contributed by atoms with van der Waals surface area (Å²) >= 11 is 2.15. The first kappa shape index (κ1) is 13.3. The number of hydrogen-bond donors (Lipinski definition) is 2. The smallest absolute Gasteiger partial charge is 0.0418 e. The normalized spacial score (nSPS) is 22.6. The van der Waals surface area contributed by atoms with Crippen molar-refractivity contribution in [1.29, 1.82) is 0 Å². The second-order valence-electron chi connectivity index (χ2n) is 5.60. The largest absolute Gasteiger partial charge is 0.385 e. The molecule has 1 aromatic rings. The van der Waals surface area contributed by atoms with Gasteiger partial charge in [-0.05, 0) is 42.6 Å². The van der Waals surface area contributed by atoms with E-state index in [2.05, 4.69) is 40.6 Å². The number of nitrogens with one attached hydrogen (secondary N) is 2. The Morgan fingerprint density at radius 1 is 1.26 bits per heavy atom. The average Bonchev–Trinajstić information content (AvgIpc) is 2.49. The van der Waals surface area contributed by atoms with Gasteiger partial charge in [-0.25, -0.2) is 0 Å². The van der Waals surface area contributed by atoms with Crippen LogP contribution in [0.3, 0.4) is 0 Å². The quantitative estimate of drug-likeness (QED) is 0.881. The highest BCUT2D eigenvalue weighted by molar-refractivity contribution is 7.99. The van der Waals surface area contributed by atoms with Gasteiger partial charge in [0.05, 0.1) is 0 Å². The highest BCUT2D eigenvalue weighted by Crippen LogP contribution is 2.27. The molecule has 0 bridgehead atoms. The molecular formula is C16H24N2S. The molecule has 104 valence electrons. The van der Waals surface area contributed by atoms with Crippen LogP contribution in [0.4, 0.5) is 5.69 Å².